The van der Waals surface area contributed by atoms with Crippen LogP contribution in [0.25, 0.3) is 0 Å². The van der Waals surface area contributed by atoms with Gasteiger partial charge in [0.2, 0.25) is 0 Å². The minimum atomic E-state index is -0.181. The molecule has 0 aliphatic heterocycles. The number of ether oxygens (including phenoxy) is 1. The number of nitrogens with one attached hydrogen (secondary N) is 1. The summed E-state index contributed by atoms with van der Waals surface area (Å²) in [5.41, 5.74) is 1.29. The lowest BCUT2D eigenvalue weighted by atomic mass is 10.2. The van der Waals surface area contributed by atoms with Crippen LogP contribution in [0.5, 0.6) is 0 Å². The van der Waals surface area contributed by atoms with E-state index in [1.165, 1.54) is 37.3 Å². The normalized spacial score (nSPS) is 16.3. The van der Waals surface area contributed by atoms with Gasteiger partial charge >= 0.3 is 5.97 Å². The maximum Gasteiger partial charge on any atom is 0.318 e. The van der Waals surface area contributed by atoms with Crippen LogP contribution in [0.3, 0.4) is 0 Å². The van der Waals surface area contributed by atoms with Gasteiger partial charge in [-0.2, -0.15) is 0 Å². The molecule has 1 unspecified atom stereocenters. The first-order valence-electron chi connectivity index (χ1n) is 6.26. The Bertz CT molecular complexity index is 401. The molecule has 98 valence electrons. The summed E-state index contributed by atoms with van der Waals surface area (Å²) in [6.07, 6.45) is 2.62. The summed E-state index contributed by atoms with van der Waals surface area (Å²) in [5.74, 6) is -0.181. The van der Waals surface area contributed by atoms with Gasteiger partial charge in [0.25, 0.3) is 0 Å². The van der Waals surface area contributed by atoms with Crippen LogP contribution in [-0.2, 0) is 16.1 Å². The highest BCUT2D eigenvalue weighted by molar-refractivity contribution is 8.00. The first kappa shape index (κ1) is 13.4. The zero-order valence-electron chi connectivity index (χ0n) is 10.8. The third-order valence-electron chi connectivity index (χ3n) is 2.94. The van der Waals surface area contributed by atoms with Crippen LogP contribution >= 0.6 is 11.8 Å². The standard InChI is InChI=1S/C14H19NO2S/c1-10(14(16)17-2)18-13-7-3-11(4-8-13)9-15-12-5-6-12/h3-4,7-8,10,12,15H,5-6,9H2,1-2H3. The molecule has 3 nitrogen and oxygen atoms in total. The number of methoxy groups -OCH3 is 1. The van der Waals surface area contributed by atoms with E-state index in [1.54, 1.807) is 0 Å². The summed E-state index contributed by atoms with van der Waals surface area (Å²) < 4.78 is 4.71. The Kier molecular flexibility index (Phi) is 4.66. The van der Waals surface area contributed by atoms with Crippen LogP contribution in [0.1, 0.15) is 25.3 Å². The molecular formula is C14H19NO2S. The van der Waals surface area contributed by atoms with Crippen molar-refractivity contribution in [3.8, 4) is 0 Å². The second-order valence-electron chi connectivity index (χ2n) is 4.58. The maximum absolute atomic E-state index is 11.3. The molecule has 0 saturated heterocycles. The van der Waals surface area contributed by atoms with Gasteiger partial charge < -0.3 is 10.1 Å². The van der Waals surface area contributed by atoms with Crippen LogP contribution in [-0.4, -0.2) is 24.4 Å². The Morgan fingerprint density at radius 1 is 1.44 bits per heavy atom. The largest absolute Gasteiger partial charge is 0.468 e. The summed E-state index contributed by atoms with van der Waals surface area (Å²) in [6, 6.07) is 9.09. The summed E-state index contributed by atoms with van der Waals surface area (Å²) in [5, 5.41) is 3.32. The first-order chi connectivity index (χ1) is 8.69. The molecular weight excluding hydrogens is 246 g/mol. The minimum absolute atomic E-state index is 0.162. The third-order valence-corrected chi connectivity index (χ3v) is 4.03. The van der Waals surface area contributed by atoms with Gasteiger partial charge in [-0.1, -0.05) is 12.1 Å². The van der Waals surface area contributed by atoms with Crippen LogP contribution in [0, 0.1) is 0 Å². The van der Waals surface area contributed by atoms with E-state index in [9.17, 15) is 4.79 Å². The fraction of sp³-hybridized carbons (Fsp3) is 0.500. The van der Waals surface area contributed by atoms with Crippen molar-refractivity contribution in [2.24, 2.45) is 0 Å². The Hall–Kier alpha value is -1.00. The fourth-order valence-corrected chi connectivity index (χ4v) is 2.55. The number of rotatable bonds is 6. The van der Waals surface area contributed by atoms with E-state index in [2.05, 4.69) is 29.6 Å². The van der Waals surface area contributed by atoms with Crippen LogP contribution in [0.4, 0.5) is 0 Å². The lowest BCUT2D eigenvalue weighted by Gasteiger charge is -2.09. The van der Waals surface area contributed by atoms with Crippen molar-refractivity contribution in [3.63, 3.8) is 0 Å². The second kappa shape index (κ2) is 6.25. The first-order valence-corrected chi connectivity index (χ1v) is 7.14. The topological polar surface area (TPSA) is 38.3 Å². The fourth-order valence-electron chi connectivity index (χ4n) is 1.65. The number of hydrogen-bond acceptors (Lipinski definition) is 4. The highest BCUT2D eigenvalue weighted by Gasteiger charge is 2.19. The molecule has 0 heterocycles. The molecule has 1 aliphatic carbocycles. The molecule has 0 radical (unpaired) electrons. The monoisotopic (exact) mass is 265 g/mol. The summed E-state index contributed by atoms with van der Waals surface area (Å²) in [4.78, 5) is 12.4. The van der Waals surface area contributed by atoms with Crippen LogP contribution in [0.15, 0.2) is 29.2 Å². The molecule has 1 atom stereocenters. The van der Waals surface area contributed by atoms with Crippen molar-refractivity contribution < 1.29 is 9.53 Å². The Morgan fingerprint density at radius 2 is 2.11 bits per heavy atom. The lowest BCUT2D eigenvalue weighted by molar-refractivity contribution is -0.139. The van der Waals surface area contributed by atoms with Gasteiger partial charge in [0.05, 0.1) is 7.11 Å². The van der Waals surface area contributed by atoms with Crippen LogP contribution in [0.2, 0.25) is 0 Å². The molecule has 1 aromatic rings. The average molecular weight is 265 g/mol. The summed E-state index contributed by atoms with van der Waals surface area (Å²) in [6.45, 7) is 2.79. The number of hydrogen-bond donors (Lipinski definition) is 1. The summed E-state index contributed by atoms with van der Waals surface area (Å²) >= 11 is 1.53. The van der Waals surface area contributed by atoms with E-state index in [4.69, 9.17) is 4.74 Å². The van der Waals surface area contributed by atoms with Gasteiger partial charge in [-0.3, -0.25) is 4.79 Å². The van der Waals surface area contributed by atoms with Gasteiger partial charge in [-0.15, -0.1) is 11.8 Å². The van der Waals surface area contributed by atoms with E-state index in [0.717, 1.165) is 17.5 Å². The SMILES string of the molecule is COC(=O)C(C)Sc1ccc(CNC2CC2)cc1. The van der Waals surface area contributed by atoms with Gasteiger partial charge in [-0.05, 0) is 37.5 Å². The zero-order valence-corrected chi connectivity index (χ0v) is 11.6. The molecule has 0 bridgehead atoms. The molecule has 1 saturated carbocycles. The highest BCUT2D eigenvalue weighted by atomic mass is 32.2. The van der Waals surface area contributed by atoms with Crippen molar-refractivity contribution in [2.75, 3.05) is 7.11 Å². The van der Waals surface area contributed by atoms with E-state index >= 15 is 0 Å². The number of carbonyl (C=O) groups excluding carboxylic acids is 1. The number of benzene rings is 1. The summed E-state index contributed by atoms with van der Waals surface area (Å²) in [7, 11) is 1.42. The highest BCUT2D eigenvalue weighted by Crippen LogP contribution is 2.24. The molecule has 1 aliphatic rings. The van der Waals surface area contributed by atoms with Gasteiger partial charge in [0.1, 0.15) is 5.25 Å². The van der Waals surface area contributed by atoms with E-state index in [-0.39, 0.29) is 11.2 Å². The molecule has 4 heteroatoms. The Labute approximate surface area is 112 Å². The predicted octanol–water partition coefficient (Wildman–Crippen LogP) is 2.59. The van der Waals surface area contributed by atoms with Gasteiger partial charge in [0.15, 0.2) is 0 Å². The van der Waals surface area contributed by atoms with Gasteiger partial charge in [0, 0.05) is 17.5 Å². The van der Waals surface area contributed by atoms with Crippen molar-refractivity contribution in [2.45, 2.75) is 42.5 Å². The molecule has 0 aromatic heterocycles. The molecule has 1 fully saturated rings. The van der Waals surface area contributed by atoms with E-state index < -0.39 is 0 Å². The number of thioether (sulfide) groups is 1. The smallest absolute Gasteiger partial charge is 0.318 e. The van der Waals surface area contributed by atoms with E-state index in [0.29, 0.717) is 0 Å². The molecule has 1 aromatic carbocycles. The molecule has 2 rings (SSSR count). The maximum atomic E-state index is 11.3. The average Bonchev–Trinajstić information content (AvgIpc) is 3.21. The quantitative estimate of drug-likeness (QED) is 0.634. The van der Waals surface area contributed by atoms with Crippen LogP contribution < -0.4 is 5.32 Å². The predicted molar refractivity (Wildman–Crippen MR) is 73.6 cm³/mol. The Balaban J connectivity index is 1.84. The van der Waals surface area contributed by atoms with Crippen molar-refractivity contribution in [1.29, 1.82) is 0 Å². The van der Waals surface area contributed by atoms with Crippen molar-refractivity contribution >= 4 is 17.7 Å². The minimum Gasteiger partial charge on any atom is -0.468 e. The lowest BCUT2D eigenvalue weighted by Crippen LogP contribution is -2.15. The van der Waals surface area contributed by atoms with Crippen molar-refractivity contribution in [1.82, 2.24) is 5.32 Å². The molecule has 1 N–H and O–H groups in total. The van der Waals surface area contributed by atoms with E-state index in [1.807, 2.05) is 6.92 Å². The Morgan fingerprint density at radius 3 is 2.67 bits per heavy atom. The molecule has 18 heavy (non-hydrogen) atoms. The number of esters is 1. The third kappa shape index (κ3) is 4.03. The molecule has 0 amide bonds. The zero-order chi connectivity index (χ0) is 13.0. The van der Waals surface area contributed by atoms with Crippen molar-refractivity contribution in [3.05, 3.63) is 29.8 Å². The second-order valence-corrected chi connectivity index (χ2v) is 6.00. The number of carbonyl (C=O) groups is 1. The van der Waals surface area contributed by atoms with Gasteiger partial charge in [-0.25, -0.2) is 0 Å². The molecule has 0 spiro atoms.